The molecule has 0 unspecified atom stereocenters. The molecule has 0 fully saturated rings. The van der Waals surface area contributed by atoms with Crippen molar-refractivity contribution in [1.82, 2.24) is 5.32 Å². The maximum absolute atomic E-state index is 6.12. The van der Waals surface area contributed by atoms with Crippen molar-refractivity contribution in [2.45, 2.75) is 13.1 Å². The van der Waals surface area contributed by atoms with Crippen molar-refractivity contribution in [2.24, 2.45) is 0 Å². The van der Waals surface area contributed by atoms with Crippen LogP contribution in [0, 0.1) is 0 Å². The Morgan fingerprint density at radius 2 is 1.71 bits per heavy atom. The first-order valence-corrected chi connectivity index (χ1v) is 7.32. The number of hydrogen-bond donors (Lipinski definition) is 1. The highest BCUT2D eigenvalue weighted by molar-refractivity contribution is 6.31. The van der Waals surface area contributed by atoms with Crippen molar-refractivity contribution in [3.05, 3.63) is 64.7 Å². The molecule has 0 bridgehead atoms. The minimum absolute atomic E-state index is 0.570. The smallest absolute Gasteiger partial charge is 0.119 e. The lowest BCUT2D eigenvalue weighted by Crippen LogP contribution is -2.13. The predicted octanol–water partition coefficient (Wildman–Crippen LogP) is 3.66. The second kappa shape index (κ2) is 8.67. The molecular weight excluding hydrogens is 286 g/mol. The van der Waals surface area contributed by atoms with Crippen LogP contribution < -0.4 is 10.1 Å². The van der Waals surface area contributed by atoms with Crippen LogP contribution in [0.1, 0.15) is 11.1 Å². The second-order valence-corrected chi connectivity index (χ2v) is 5.09. The molecule has 21 heavy (non-hydrogen) atoms. The van der Waals surface area contributed by atoms with Gasteiger partial charge in [-0.05, 0) is 29.3 Å². The topological polar surface area (TPSA) is 30.5 Å². The molecule has 2 aromatic rings. The molecule has 4 heteroatoms. The van der Waals surface area contributed by atoms with Gasteiger partial charge in [-0.2, -0.15) is 0 Å². The fraction of sp³-hybridized carbons (Fsp3) is 0.294. The molecule has 0 aliphatic carbocycles. The average Bonchev–Trinajstić information content (AvgIpc) is 2.51. The van der Waals surface area contributed by atoms with Crippen molar-refractivity contribution in [3.8, 4) is 5.75 Å². The van der Waals surface area contributed by atoms with Crippen LogP contribution in [0.15, 0.2) is 48.5 Å². The summed E-state index contributed by atoms with van der Waals surface area (Å²) in [5, 5.41) is 4.18. The van der Waals surface area contributed by atoms with Crippen LogP contribution in [-0.2, 0) is 17.8 Å². The van der Waals surface area contributed by atoms with E-state index in [0.29, 0.717) is 13.2 Å². The van der Waals surface area contributed by atoms with Crippen LogP contribution >= 0.6 is 11.6 Å². The molecule has 3 nitrogen and oxygen atoms in total. The maximum atomic E-state index is 6.12. The van der Waals surface area contributed by atoms with Gasteiger partial charge in [-0.25, -0.2) is 0 Å². The summed E-state index contributed by atoms with van der Waals surface area (Å²) in [5.41, 5.74) is 2.32. The van der Waals surface area contributed by atoms with E-state index in [1.807, 2.05) is 36.4 Å². The van der Waals surface area contributed by atoms with Crippen molar-refractivity contribution in [1.29, 1.82) is 0 Å². The van der Waals surface area contributed by atoms with Crippen LogP contribution in [0.2, 0.25) is 5.02 Å². The zero-order chi connectivity index (χ0) is 14.9. The monoisotopic (exact) mass is 305 g/mol. The van der Waals surface area contributed by atoms with Gasteiger partial charge in [-0.15, -0.1) is 0 Å². The molecule has 0 aliphatic heterocycles. The Kier molecular flexibility index (Phi) is 6.54. The number of hydrogen-bond acceptors (Lipinski definition) is 3. The van der Waals surface area contributed by atoms with Gasteiger partial charge in [0.2, 0.25) is 0 Å². The lowest BCUT2D eigenvalue weighted by atomic mass is 10.2. The van der Waals surface area contributed by atoms with Crippen LogP contribution in [0.5, 0.6) is 5.75 Å². The van der Waals surface area contributed by atoms with Gasteiger partial charge < -0.3 is 14.8 Å². The van der Waals surface area contributed by atoms with Crippen LogP contribution in [0.25, 0.3) is 0 Å². The first kappa shape index (κ1) is 15.8. The van der Waals surface area contributed by atoms with Crippen LogP contribution in [0.4, 0.5) is 0 Å². The van der Waals surface area contributed by atoms with E-state index in [1.165, 1.54) is 5.56 Å². The van der Waals surface area contributed by atoms with E-state index < -0.39 is 0 Å². The van der Waals surface area contributed by atoms with E-state index in [2.05, 4.69) is 17.4 Å². The third-order valence-electron chi connectivity index (χ3n) is 3.08. The summed E-state index contributed by atoms with van der Waals surface area (Å²) in [6.45, 7) is 2.72. The Balaban J connectivity index is 1.77. The summed E-state index contributed by atoms with van der Waals surface area (Å²) >= 11 is 6.12. The highest BCUT2D eigenvalue weighted by atomic mass is 35.5. The molecule has 0 heterocycles. The minimum Gasteiger partial charge on any atom is -0.491 e. The Hall–Kier alpha value is -1.55. The molecule has 0 aromatic heterocycles. The summed E-state index contributed by atoms with van der Waals surface area (Å²) in [4.78, 5) is 0. The Labute approximate surface area is 130 Å². The predicted molar refractivity (Wildman–Crippen MR) is 85.8 cm³/mol. The Bertz CT molecular complexity index is 543. The standard InChI is InChI=1S/C17H20ClNO2/c1-20-10-11-21-16-8-6-14(7-9-16)12-19-13-15-4-2-3-5-17(15)18/h2-9,19H,10-13H2,1H3. The van der Waals surface area contributed by atoms with E-state index in [1.54, 1.807) is 7.11 Å². The van der Waals surface area contributed by atoms with Crippen LogP contribution in [0.3, 0.4) is 0 Å². The van der Waals surface area contributed by atoms with Gasteiger partial charge in [0, 0.05) is 25.2 Å². The first-order chi connectivity index (χ1) is 10.3. The summed E-state index contributed by atoms with van der Waals surface area (Å²) < 4.78 is 10.5. The third-order valence-corrected chi connectivity index (χ3v) is 3.45. The number of ether oxygens (including phenoxy) is 2. The largest absolute Gasteiger partial charge is 0.491 e. The second-order valence-electron chi connectivity index (χ2n) is 4.68. The number of halogens is 1. The van der Waals surface area contributed by atoms with E-state index >= 15 is 0 Å². The van der Waals surface area contributed by atoms with E-state index in [0.717, 1.165) is 29.4 Å². The highest BCUT2D eigenvalue weighted by Gasteiger charge is 1.99. The summed E-state index contributed by atoms with van der Waals surface area (Å²) in [5.74, 6) is 0.863. The number of benzene rings is 2. The van der Waals surface area contributed by atoms with Crippen molar-refractivity contribution in [3.63, 3.8) is 0 Å². The van der Waals surface area contributed by atoms with Gasteiger partial charge in [0.15, 0.2) is 0 Å². The average molecular weight is 306 g/mol. The molecule has 2 rings (SSSR count). The van der Waals surface area contributed by atoms with Gasteiger partial charge in [-0.3, -0.25) is 0 Å². The number of nitrogens with one attached hydrogen (secondary N) is 1. The summed E-state index contributed by atoms with van der Waals surface area (Å²) in [6, 6.07) is 15.9. The quantitative estimate of drug-likeness (QED) is 0.755. The summed E-state index contributed by atoms with van der Waals surface area (Å²) in [6.07, 6.45) is 0. The fourth-order valence-corrected chi connectivity index (χ4v) is 2.13. The van der Waals surface area contributed by atoms with E-state index in [4.69, 9.17) is 21.1 Å². The van der Waals surface area contributed by atoms with E-state index in [-0.39, 0.29) is 0 Å². The molecule has 2 aromatic carbocycles. The fourth-order valence-electron chi connectivity index (χ4n) is 1.93. The highest BCUT2D eigenvalue weighted by Crippen LogP contribution is 2.15. The molecule has 0 atom stereocenters. The number of methoxy groups -OCH3 is 1. The Morgan fingerprint density at radius 1 is 0.952 bits per heavy atom. The van der Waals surface area contributed by atoms with Crippen molar-refractivity contribution in [2.75, 3.05) is 20.3 Å². The normalized spacial score (nSPS) is 10.6. The molecule has 0 radical (unpaired) electrons. The molecule has 0 saturated heterocycles. The van der Waals surface area contributed by atoms with Gasteiger partial charge in [0.1, 0.15) is 12.4 Å². The zero-order valence-corrected chi connectivity index (χ0v) is 12.9. The van der Waals surface area contributed by atoms with Crippen LogP contribution in [-0.4, -0.2) is 20.3 Å². The summed E-state index contributed by atoms with van der Waals surface area (Å²) in [7, 11) is 1.66. The van der Waals surface area contributed by atoms with Gasteiger partial charge >= 0.3 is 0 Å². The Morgan fingerprint density at radius 3 is 2.43 bits per heavy atom. The lowest BCUT2D eigenvalue weighted by Gasteiger charge is -2.08. The number of rotatable bonds is 8. The minimum atomic E-state index is 0.570. The molecule has 0 aliphatic rings. The van der Waals surface area contributed by atoms with Crippen molar-refractivity contribution < 1.29 is 9.47 Å². The molecule has 1 N–H and O–H groups in total. The zero-order valence-electron chi connectivity index (χ0n) is 12.1. The third kappa shape index (κ3) is 5.38. The maximum Gasteiger partial charge on any atom is 0.119 e. The van der Waals surface area contributed by atoms with Gasteiger partial charge in [0.05, 0.1) is 6.61 Å². The van der Waals surface area contributed by atoms with Crippen molar-refractivity contribution >= 4 is 11.6 Å². The molecular formula is C17H20ClNO2. The molecule has 0 amide bonds. The van der Waals surface area contributed by atoms with E-state index in [9.17, 15) is 0 Å². The lowest BCUT2D eigenvalue weighted by molar-refractivity contribution is 0.146. The van der Waals surface area contributed by atoms with Gasteiger partial charge in [0.25, 0.3) is 0 Å². The SMILES string of the molecule is COCCOc1ccc(CNCc2ccccc2Cl)cc1. The molecule has 112 valence electrons. The molecule has 0 saturated carbocycles. The molecule has 0 spiro atoms. The van der Waals surface area contributed by atoms with Gasteiger partial charge in [-0.1, -0.05) is 41.9 Å². The first-order valence-electron chi connectivity index (χ1n) is 6.94.